The van der Waals surface area contributed by atoms with E-state index in [4.69, 9.17) is 9.47 Å². The van der Waals surface area contributed by atoms with Crippen molar-refractivity contribution in [1.82, 2.24) is 5.32 Å². The summed E-state index contributed by atoms with van der Waals surface area (Å²) < 4.78 is 37.6. The number of para-hydroxylation sites is 2. The smallest absolute Gasteiger partial charge is 0.243 e. The molecule has 3 rings (SSSR count). The zero-order valence-electron chi connectivity index (χ0n) is 18.9. The molecule has 3 aromatic rings. The minimum atomic E-state index is -3.73. The predicted molar refractivity (Wildman–Crippen MR) is 129 cm³/mol. The van der Waals surface area contributed by atoms with Crippen molar-refractivity contribution in [2.75, 3.05) is 17.2 Å². The minimum absolute atomic E-state index is 0.223. The highest BCUT2D eigenvalue weighted by atomic mass is 32.2. The third-order valence-corrected chi connectivity index (χ3v) is 6.13. The molecule has 0 saturated heterocycles. The third-order valence-electron chi connectivity index (χ3n) is 4.88. The van der Waals surface area contributed by atoms with Crippen molar-refractivity contribution in [3.63, 3.8) is 0 Å². The Morgan fingerprint density at radius 1 is 0.939 bits per heavy atom. The highest BCUT2D eigenvalue weighted by Gasteiger charge is 2.29. The largest absolute Gasteiger partial charge is 0.494 e. The number of amides is 1. The van der Waals surface area contributed by atoms with Crippen molar-refractivity contribution < 1.29 is 22.7 Å². The third kappa shape index (κ3) is 6.49. The van der Waals surface area contributed by atoms with Crippen LogP contribution in [0.4, 0.5) is 5.69 Å². The van der Waals surface area contributed by atoms with Gasteiger partial charge in [-0.1, -0.05) is 36.4 Å². The van der Waals surface area contributed by atoms with Gasteiger partial charge in [-0.15, -0.1) is 0 Å². The summed E-state index contributed by atoms with van der Waals surface area (Å²) in [5, 5.41) is 2.81. The second kappa shape index (κ2) is 10.9. The molecule has 0 spiro atoms. The molecule has 7 nitrogen and oxygen atoms in total. The Bertz CT molecular complexity index is 1160. The van der Waals surface area contributed by atoms with Gasteiger partial charge in [-0.05, 0) is 56.3 Å². The SMILES string of the molecule is CCOc1ccccc1CNC(=O)[C@H](C)N(c1ccc(Oc2ccccc2)cc1)S(C)(=O)=O. The van der Waals surface area contributed by atoms with E-state index in [1.807, 2.05) is 61.5 Å². The molecule has 1 atom stereocenters. The molecule has 0 radical (unpaired) electrons. The summed E-state index contributed by atoms with van der Waals surface area (Å²) in [6.45, 7) is 4.17. The van der Waals surface area contributed by atoms with Crippen LogP contribution in [0.1, 0.15) is 19.4 Å². The number of sulfonamides is 1. The summed E-state index contributed by atoms with van der Waals surface area (Å²) in [6, 6.07) is 22.3. The van der Waals surface area contributed by atoms with Crippen molar-refractivity contribution in [1.29, 1.82) is 0 Å². The van der Waals surface area contributed by atoms with Crippen LogP contribution in [0.5, 0.6) is 17.2 Å². The van der Waals surface area contributed by atoms with E-state index in [0.29, 0.717) is 29.5 Å². The molecule has 0 aliphatic rings. The highest BCUT2D eigenvalue weighted by Crippen LogP contribution is 2.27. The van der Waals surface area contributed by atoms with Crippen LogP contribution in [-0.4, -0.2) is 33.2 Å². The number of nitrogens with zero attached hydrogens (tertiary/aromatic N) is 1. The fourth-order valence-corrected chi connectivity index (χ4v) is 4.55. The first-order valence-corrected chi connectivity index (χ1v) is 12.4. The van der Waals surface area contributed by atoms with E-state index < -0.39 is 22.0 Å². The number of nitrogens with one attached hydrogen (secondary N) is 1. The topological polar surface area (TPSA) is 84.9 Å². The van der Waals surface area contributed by atoms with Crippen LogP contribution < -0.4 is 19.1 Å². The van der Waals surface area contributed by atoms with Crippen LogP contribution in [0.15, 0.2) is 78.9 Å². The molecule has 0 bridgehead atoms. The lowest BCUT2D eigenvalue weighted by Gasteiger charge is -2.28. The molecule has 0 saturated carbocycles. The number of hydrogen-bond acceptors (Lipinski definition) is 5. The van der Waals surface area contributed by atoms with Crippen LogP contribution in [0, 0.1) is 0 Å². The van der Waals surface area contributed by atoms with Gasteiger partial charge < -0.3 is 14.8 Å². The molecule has 33 heavy (non-hydrogen) atoms. The molecule has 3 aromatic carbocycles. The first-order chi connectivity index (χ1) is 15.8. The summed E-state index contributed by atoms with van der Waals surface area (Å²) in [6.07, 6.45) is 1.08. The average Bonchev–Trinajstić information content (AvgIpc) is 2.79. The Morgan fingerprint density at radius 2 is 1.55 bits per heavy atom. The maximum Gasteiger partial charge on any atom is 0.243 e. The Balaban J connectivity index is 1.74. The highest BCUT2D eigenvalue weighted by molar-refractivity contribution is 7.92. The molecule has 1 N–H and O–H groups in total. The van der Waals surface area contributed by atoms with E-state index in [0.717, 1.165) is 16.1 Å². The van der Waals surface area contributed by atoms with Crippen molar-refractivity contribution >= 4 is 21.6 Å². The van der Waals surface area contributed by atoms with Crippen molar-refractivity contribution in [2.45, 2.75) is 26.4 Å². The van der Waals surface area contributed by atoms with Crippen molar-refractivity contribution in [3.8, 4) is 17.2 Å². The molecule has 0 aromatic heterocycles. The normalized spacial score (nSPS) is 12.0. The van der Waals surface area contributed by atoms with Crippen molar-refractivity contribution in [2.24, 2.45) is 0 Å². The number of carbonyl (C=O) groups excluding carboxylic acids is 1. The monoisotopic (exact) mass is 468 g/mol. The van der Waals surface area contributed by atoms with E-state index in [-0.39, 0.29) is 6.54 Å². The lowest BCUT2D eigenvalue weighted by Crippen LogP contribution is -2.47. The van der Waals surface area contributed by atoms with Crippen LogP contribution >= 0.6 is 0 Å². The number of hydrogen-bond donors (Lipinski definition) is 1. The van der Waals surface area contributed by atoms with Gasteiger partial charge in [0.15, 0.2) is 0 Å². The summed E-state index contributed by atoms with van der Waals surface area (Å²) in [5.74, 6) is 1.49. The zero-order valence-corrected chi connectivity index (χ0v) is 19.7. The predicted octanol–water partition coefficient (Wildman–Crippen LogP) is 4.35. The lowest BCUT2D eigenvalue weighted by atomic mass is 10.2. The molecule has 0 aliphatic heterocycles. The quantitative estimate of drug-likeness (QED) is 0.478. The lowest BCUT2D eigenvalue weighted by molar-refractivity contribution is -0.122. The van der Waals surface area contributed by atoms with Crippen molar-refractivity contribution in [3.05, 3.63) is 84.4 Å². The second-order valence-corrected chi connectivity index (χ2v) is 9.26. The first kappa shape index (κ1) is 24.1. The van der Waals surface area contributed by atoms with Gasteiger partial charge in [0, 0.05) is 12.1 Å². The summed E-state index contributed by atoms with van der Waals surface area (Å²) >= 11 is 0. The summed E-state index contributed by atoms with van der Waals surface area (Å²) in [4.78, 5) is 12.9. The maximum atomic E-state index is 12.9. The molecule has 0 aliphatic carbocycles. The van der Waals surface area contributed by atoms with Crippen LogP contribution in [0.2, 0.25) is 0 Å². The number of benzene rings is 3. The molecular weight excluding hydrogens is 440 g/mol. The standard InChI is InChI=1S/C25H28N2O5S/c1-4-31-24-13-9-8-10-20(24)18-26-25(28)19(2)27(33(3,29)30)21-14-16-23(17-15-21)32-22-11-6-5-7-12-22/h5-17,19H,4,18H2,1-3H3,(H,26,28)/t19-/m0/s1. The van der Waals surface area contributed by atoms with Gasteiger partial charge in [0.1, 0.15) is 23.3 Å². The average molecular weight is 469 g/mol. The Morgan fingerprint density at radius 3 is 2.18 bits per heavy atom. The molecule has 0 heterocycles. The first-order valence-electron chi connectivity index (χ1n) is 10.6. The van der Waals surface area contributed by atoms with Gasteiger partial charge in [-0.2, -0.15) is 0 Å². The fourth-order valence-electron chi connectivity index (χ4n) is 3.37. The van der Waals surface area contributed by atoms with Gasteiger partial charge in [0.25, 0.3) is 0 Å². The molecule has 1 amide bonds. The molecule has 0 fully saturated rings. The van der Waals surface area contributed by atoms with Gasteiger partial charge in [-0.25, -0.2) is 8.42 Å². The van der Waals surface area contributed by atoms with Crippen LogP contribution in [0.25, 0.3) is 0 Å². The van der Waals surface area contributed by atoms with Gasteiger partial charge >= 0.3 is 0 Å². The van der Waals surface area contributed by atoms with E-state index in [1.165, 1.54) is 0 Å². The zero-order chi connectivity index (χ0) is 23.8. The number of carbonyl (C=O) groups is 1. The van der Waals surface area contributed by atoms with Crippen LogP contribution in [0.3, 0.4) is 0 Å². The summed E-state index contributed by atoms with van der Waals surface area (Å²) in [5.41, 5.74) is 1.18. The maximum absolute atomic E-state index is 12.9. The molecular formula is C25H28N2O5S. The Kier molecular flexibility index (Phi) is 7.95. The summed E-state index contributed by atoms with van der Waals surface area (Å²) in [7, 11) is -3.73. The molecule has 0 unspecified atom stereocenters. The van der Waals surface area contributed by atoms with E-state index in [1.54, 1.807) is 31.2 Å². The number of ether oxygens (including phenoxy) is 2. The molecule has 8 heteroatoms. The van der Waals surface area contributed by atoms with E-state index in [9.17, 15) is 13.2 Å². The minimum Gasteiger partial charge on any atom is -0.494 e. The van der Waals surface area contributed by atoms with Gasteiger partial charge in [-0.3, -0.25) is 9.10 Å². The van der Waals surface area contributed by atoms with E-state index >= 15 is 0 Å². The van der Waals surface area contributed by atoms with Crippen LogP contribution in [-0.2, 0) is 21.4 Å². The van der Waals surface area contributed by atoms with Gasteiger partial charge in [0.05, 0.1) is 18.6 Å². The Hall–Kier alpha value is -3.52. The number of rotatable bonds is 10. The fraction of sp³-hybridized carbons (Fsp3) is 0.240. The second-order valence-electron chi connectivity index (χ2n) is 7.40. The Labute approximate surface area is 195 Å². The van der Waals surface area contributed by atoms with E-state index in [2.05, 4.69) is 5.32 Å². The number of anilines is 1. The van der Waals surface area contributed by atoms with Gasteiger partial charge in [0.2, 0.25) is 15.9 Å². The molecule has 174 valence electrons.